The normalized spacial score (nSPS) is 12.0. The highest BCUT2D eigenvalue weighted by Gasteiger charge is 2.33. The minimum Gasteiger partial charge on any atom is -0.314 e. The summed E-state index contributed by atoms with van der Waals surface area (Å²) < 4.78 is 35.9. The van der Waals surface area contributed by atoms with E-state index in [1.165, 1.54) is 0 Å². The zero-order valence-electron chi connectivity index (χ0n) is 6.27. The minimum atomic E-state index is -4.32. The Balaban J connectivity index is 2.77. The van der Waals surface area contributed by atoms with Crippen molar-refractivity contribution in [3.63, 3.8) is 0 Å². The van der Waals surface area contributed by atoms with Gasteiger partial charge in [0.25, 0.3) is 0 Å². The van der Waals surface area contributed by atoms with Gasteiger partial charge >= 0.3 is 6.18 Å². The molecule has 6 heteroatoms. The number of rotatable bonds is 2. The fourth-order valence-electron chi connectivity index (χ4n) is 0.674. The van der Waals surface area contributed by atoms with Crippen molar-refractivity contribution in [2.75, 3.05) is 7.05 Å². The van der Waals surface area contributed by atoms with Crippen LogP contribution >= 0.6 is 11.3 Å². The molecule has 0 fully saturated rings. The topological polar surface area (TPSA) is 24.9 Å². The molecule has 0 amide bonds. The molecular weight excluding hydrogens is 189 g/mol. The van der Waals surface area contributed by atoms with Crippen LogP contribution in [0.5, 0.6) is 0 Å². The van der Waals surface area contributed by atoms with Gasteiger partial charge in [0.15, 0.2) is 5.69 Å². The lowest BCUT2D eigenvalue weighted by molar-refractivity contribution is -0.140. The van der Waals surface area contributed by atoms with Gasteiger partial charge in [-0.2, -0.15) is 13.2 Å². The van der Waals surface area contributed by atoms with E-state index in [1.54, 1.807) is 7.05 Å². The molecule has 0 radical (unpaired) electrons. The highest BCUT2D eigenvalue weighted by atomic mass is 32.1. The molecule has 68 valence electrons. The SMILES string of the molecule is CNCc1nc(C(F)(F)F)cs1. The van der Waals surface area contributed by atoms with E-state index >= 15 is 0 Å². The first-order valence-corrected chi connectivity index (χ1v) is 4.08. The average molecular weight is 196 g/mol. The van der Waals surface area contributed by atoms with Gasteiger partial charge in [0.2, 0.25) is 0 Å². The Morgan fingerprint density at radius 3 is 2.67 bits per heavy atom. The average Bonchev–Trinajstić information content (AvgIpc) is 2.35. The molecule has 1 heterocycles. The van der Waals surface area contributed by atoms with E-state index in [1.807, 2.05) is 0 Å². The number of thiazole rings is 1. The molecule has 1 aromatic heterocycles. The van der Waals surface area contributed by atoms with E-state index in [-0.39, 0.29) is 0 Å². The smallest absolute Gasteiger partial charge is 0.314 e. The number of aromatic nitrogens is 1. The number of nitrogens with zero attached hydrogens (tertiary/aromatic N) is 1. The molecule has 0 atom stereocenters. The third kappa shape index (κ3) is 2.18. The van der Waals surface area contributed by atoms with Gasteiger partial charge in [0.05, 0.1) is 0 Å². The second-order valence-electron chi connectivity index (χ2n) is 2.15. The van der Waals surface area contributed by atoms with Crippen LogP contribution in [0.4, 0.5) is 13.2 Å². The van der Waals surface area contributed by atoms with Gasteiger partial charge in [-0.15, -0.1) is 11.3 Å². The molecule has 0 saturated carbocycles. The summed E-state index contributed by atoms with van der Waals surface area (Å²) in [4.78, 5) is 3.40. The maximum Gasteiger partial charge on any atom is 0.434 e. The molecule has 0 saturated heterocycles. The van der Waals surface area contributed by atoms with Gasteiger partial charge in [-0.05, 0) is 7.05 Å². The van der Waals surface area contributed by atoms with Crippen LogP contribution in [0.15, 0.2) is 5.38 Å². The minimum absolute atomic E-state index is 0.376. The van der Waals surface area contributed by atoms with Crippen LogP contribution in [-0.4, -0.2) is 12.0 Å². The van der Waals surface area contributed by atoms with E-state index in [4.69, 9.17) is 0 Å². The lowest BCUT2D eigenvalue weighted by Crippen LogP contribution is -2.08. The van der Waals surface area contributed by atoms with Crippen LogP contribution in [0, 0.1) is 0 Å². The van der Waals surface area contributed by atoms with Crippen LogP contribution in [0.1, 0.15) is 10.7 Å². The molecule has 0 aliphatic rings. The molecule has 1 N–H and O–H groups in total. The standard InChI is InChI=1S/C6H7F3N2S/c1-10-2-5-11-4(3-12-5)6(7,8)9/h3,10H,2H2,1H3. The van der Waals surface area contributed by atoms with Crippen molar-refractivity contribution in [1.29, 1.82) is 0 Å². The van der Waals surface area contributed by atoms with Gasteiger partial charge < -0.3 is 5.32 Å². The fourth-order valence-corrected chi connectivity index (χ4v) is 1.49. The third-order valence-electron chi connectivity index (χ3n) is 1.17. The summed E-state index contributed by atoms with van der Waals surface area (Å²) >= 11 is 1.01. The molecule has 1 rings (SSSR count). The lowest BCUT2D eigenvalue weighted by Gasteiger charge is -1.99. The Bertz CT molecular complexity index is 256. The van der Waals surface area contributed by atoms with Crippen LogP contribution in [0.3, 0.4) is 0 Å². The highest BCUT2D eigenvalue weighted by molar-refractivity contribution is 7.09. The second kappa shape index (κ2) is 3.40. The molecule has 0 aliphatic carbocycles. The van der Waals surface area contributed by atoms with E-state index in [0.717, 1.165) is 16.7 Å². The van der Waals surface area contributed by atoms with E-state index in [9.17, 15) is 13.2 Å². The van der Waals surface area contributed by atoms with Crippen molar-refractivity contribution < 1.29 is 13.2 Å². The first-order chi connectivity index (χ1) is 5.54. The molecule has 2 nitrogen and oxygen atoms in total. The zero-order chi connectivity index (χ0) is 9.19. The van der Waals surface area contributed by atoms with Gasteiger partial charge in [-0.25, -0.2) is 4.98 Å². The largest absolute Gasteiger partial charge is 0.434 e. The first-order valence-electron chi connectivity index (χ1n) is 3.20. The van der Waals surface area contributed by atoms with Crippen molar-refractivity contribution in [2.45, 2.75) is 12.7 Å². The molecule has 0 unspecified atom stereocenters. The Morgan fingerprint density at radius 2 is 2.25 bits per heavy atom. The van der Waals surface area contributed by atoms with Crippen LogP contribution in [-0.2, 0) is 12.7 Å². The number of alkyl halides is 3. The quantitative estimate of drug-likeness (QED) is 0.781. The number of halogens is 3. The summed E-state index contributed by atoms with van der Waals surface area (Å²) in [6.45, 7) is 0.376. The van der Waals surface area contributed by atoms with Crippen LogP contribution < -0.4 is 5.32 Å². The second-order valence-corrected chi connectivity index (χ2v) is 3.10. The monoisotopic (exact) mass is 196 g/mol. The summed E-state index contributed by atoms with van der Waals surface area (Å²) in [6, 6.07) is 0. The lowest BCUT2D eigenvalue weighted by atomic mass is 10.5. The summed E-state index contributed by atoms with van der Waals surface area (Å²) in [6.07, 6.45) is -4.32. The molecule has 1 aromatic rings. The van der Waals surface area contributed by atoms with Gasteiger partial charge in [0, 0.05) is 11.9 Å². The molecule has 0 spiro atoms. The van der Waals surface area contributed by atoms with Gasteiger partial charge in [-0.1, -0.05) is 0 Å². The van der Waals surface area contributed by atoms with Crippen molar-refractivity contribution in [3.8, 4) is 0 Å². The molecule has 0 aromatic carbocycles. The van der Waals surface area contributed by atoms with Gasteiger partial charge in [-0.3, -0.25) is 0 Å². The summed E-state index contributed by atoms with van der Waals surface area (Å²) in [7, 11) is 1.66. The number of nitrogens with one attached hydrogen (secondary N) is 1. The molecule has 0 aliphatic heterocycles. The molecule has 12 heavy (non-hydrogen) atoms. The van der Waals surface area contributed by atoms with Crippen molar-refractivity contribution in [3.05, 3.63) is 16.1 Å². The predicted molar refractivity (Wildman–Crippen MR) is 39.9 cm³/mol. The van der Waals surface area contributed by atoms with E-state index < -0.39 is 11.9 Å². The third-order valence-corrected chi connectivity index (χ3v) is 2.02. The van der Waals surface area contributed by atoms with Crippen LogP contribution in [0.2, 0.25) is 0 Å². The fraction of sp³-hybridized carbons (Fsp3) is 0.500. The predicted octanol–water partition coefficient (Wildman–Crippen LogP) is 1.88. The summed E-state index contributed by atoms with van der Waals surface area (Å²) in [5.74, 6) is 0. The maximum atomic E-state index is 12.0. The molecule has 0 bridgehead atoms. The van der Waals surface area contributed by atoms with Crippen molar-refractivity contribution in [2.24, 2.45) is 0 Å². The Hall–Kier alpha value is -0.620. The molecular formula is C6H7F3N2S. The first kappa shape index (κ1) is 9.47. The van der Waals surface area contributed by atoms with Gasteiger partial charge in [0.1, 0.15) is 5.01 Å². The van der Waals surface area contributed by atoms with E-state index in [2.05, 4.69) is 10.3 Å². The Kier molecular flexibility index (Phi) is 2.69. The number of hydrogen-bond acceptors (Lipinski definition) is 3. The maximum absolute atomic E-state index is 12.0. The Morgan fingerprint density at radius 1 is 1.58 bits per heavy atom. The van der Waals surface area contributed by atoms with Crippen molar-refractivity contribution >= 4 is 11.3 Å². The zero-order valence-corrected chi connectivity index (χ0v) is 7.09. The number of hydrogen-bond donors (Lipinski definition) is 1. The summed E-state index contributed by atoms with van der Waals surface area (Å²) in [5, 5.41) is 4.20. The summed E-state index contributed by atoms with van der Waals surface area (Å²) in [5.41, 5.74) is -0.808. The van der Waals surface area contributed by atoms with Crippen LogP contribution in [0.25, 0.3) is 0 Å². The highest BCUT2D eigenvalue weighted by Crippen LogP contribution is 2.29. The van der Waals surface area contributed by atoms with Crippen molar-refractivity contribution in [1.82, 2.24) is 10.3 Å². The van der Waals surface area contributed by atoms with E-state index in [0.29, 0.717) is 11.6 Å². The Labute approximate surface area is 71.4 Å².